The topological polar surface area (TPSA) is 53.9 Å². The van der Waals surface area contributed by atoms with Gasteiger partial charge >= 0.3 is 0 Å². The summed E-state index contributed by atoms with van der Waals surface area (Å²) < 4.78 is 3.86. The number of hydrogen-bond acceptors (Lipinski definition) is 6. The first-order chi connectivity index (χ1) is 8.92. The van der Waals surface area contributed by atoms with Crippen LogP contribution in [0.4, 0.5) is 10.7 Å². The minimum absolute atomic E-state index is 0.533. The number of aromatic nitrogens is 3. The number of pyridine rings is 1. The number of nitrogens with one attached hydrogen (secondary N) is 1. The SMILES string of the molecule is c1cc(N2CCC(Nc3cnns3)CC2)ccn1. The normalized spacial score (nSPS) is 16.8. The van der Waals surface area contributed by atoms with E-state index in [2.05, 4.69) is 36.9 Å². The van der Waals surface area contributed by atoms with Crippen molar-refractivity contribution in [3.8, 4) is 0 Å². The highest BCUT2D eigenvalue weighted by atomic mass is 32.1. The van der Waals surface area contributed by atoms with E-state index in [9.17, 15) is 0 Å². The molecule has 2 aromatic rings. The second kappa shape index (κ2) is 5.30. The first-order valence-electron chi connectivity index (χ1n) is 6.11. The number of anilines is 2. The van der Waals surface area contributed by atoms with Crippen LogP contribution in [-0.2, 0) is 0 Å². The van der Waals surface area contributed by atoms with Crippen LogP contribution in [0.25, 0.3) is 0 Å². The van der Waals surface area contributed by atoms with Gasteiger partial charge in [0.25, 0.3) is 0 Å². The van der Waals surface area contributed by atoms with Gasteiger partial charge in [0.2, 0.25) is 0 Å². The fourth-order valence-electron chi connectivity index (χ4n) is 2.27. The highest BCUT2D eigenvalue weighted by molar-refractivity contribution is 7.09. The fourth-order valence-corrected chi connectivity index (χ4v) is 2.76. The largest absolute Gasteiger partial charge is 0.371 e. The van der Waals surface area contributed by atoms with Gasteiger partial charge in [0.1, 0.15) is 5.00 Å². The summed E-state index contributed by atoms with van der Waals surface area (Å²) in [5.41, 5.74) is 1.27. The van der Waals surface area contributed by atoms with E-state index in [1.165, 1.54) is 17.2 Å². The summed E-state index contributed by atoms with van der Waals surface area (Å²) >= 11 is 1.42. The molecule has 1 N–H and O–H groups in total. The highest BCUT2D eigenvalue weighted by Crippen LogP contribution is 2.22. The average Bonchev–Trinajstić information content (AvgIpc) is 2.94. The van der Waals surface area contributed by atoms with Gasteiger partial charge in [-0.3, -0.25) is 4.98 Å². The van der Waals surface area contributed by atoms with Crippen molar-refractivity contribution >= 4 is 22.2 Å². The summed E-state index contributed by atoms with van der Waals surface area (Å²) in [5.74, 6) is 0. The van der Waals surface area contributed by atoms with Crippen LogP contribution in [0, 0.1) is 0 Å². The van der Waals surface area contributed by atoms with Crippen molar-refractivity contribution in [1.29, 1.82) is 0 Å². The smallest absolute Gasteiger partial charge is 0.130 e. The van der Waals surface area contributed by atoms with Gasteiger partial charge in [-0.25, -0.2) is 0 Å². The molecule has 0 radical (unpaired) electrons. The lowest BCUT2D eigenvalue weighted by molar-refractivity contribution is 0.527. The highest BCUT2D eigenvalue weighted by Gasteiger charge is 2.19. The third-order valence-electron chi connectivity index (χ3n) is 3.23. The second-order valence-corrected chi connectivity index (χ2v) is 5.18. The summed E-state index contributed by atoms with van der Waals surface area (Å²) in [4.78, 5) is 6.46. The first-order valence-corrected chi connectivity index (χ1v) is 6.88. The van der Waals surface area contributed by atoms with Gasteiger partial charge < -0.3 is 10.2 Å². The van der Waals surface area contributed by atoms with E-state index in [0.29, 0.717) is 6.04 Å². The van der Waals surface area contributed by atoms with E-state index in [4.69, 9.17) is 0 Å². The van der Waals surface area contributed by atoms with Gasteiger partial charge in [0.05, 0.1) is 6.20 Å². The molecule has 1 saturated heterocycles. The lowest BCUT2D eigenvalue weighted by Crippen LogP contribution is -2.39. The molecule has 1 aliphatic heterocycles. The van der Waals surface area contributed by atoms with E-state index in [1.807, 2.05) is 12.4 Å². The molecular weight excluding hydrogens is 246 g/mol. The molecule has 6 heteroatoms. The molecular formula is C12H15N5S. The molecule has 1 fully saturated rings. The maximum absolute atomic E-state index is 4.05. The molecule has 1 aliphatic rings. The van der Waals surface area contributed by atoms with E-state index in [-0.39, 0.29) is 0 Å². The Bertz CT molecular complexity index is 464. The Hall–Kier alpha value is -1.69. The molecule has 0 aliphatic carbocycles. The predicted molar refractivity (Wildman–Crippen MR) is 73.0 cm³/mol. The summed E-state index contributed by atoms with van der Waals surface area (Å²) in [6.07, 6.45) is 7.77. The molecule has 0 spiro atoms. The molecule has 3 heterocycles. The quantitative estimate of drug-likeness (QED) is 0.916. The molecule has 18 heavy (non-hydrogen) atoms. The summed E-state index contributed by atoms with van der Waals surface area (Å²) in [6.45, 7) is 2.15. The van der Waals surface area contributed by atoms with E-state index in [1.54, 1.807) is 6.20 Å². The number of hydrogen-bond donors (Lipinski definition) is 1. The summed E-state index contributed by atoms with van der Waals surface area (Å²) in [5, 5.41) is 8.39. The molecule has 0 bridgehead atoms. The van der Waals surface area contributed by atoms with Gasteiger partial charge in [-0.05, 0) is 25.0 Å². The zero-order chi connectivity index (χ0) is 12.2. The molecule has 0 saturated carbocycles. The van der Waals surface area contributed by atoms with Crippen LogP contribution in [0.2, 0.25) is 0 Å². The average molecular weight is 261 g/mol. The van der Waals surface area contributed by atoms with Crippen LogP contribution in [-0.4, -0.2) is 33.7 Å². The van der Waals surface area contributed by atoms with Crippen molar-refractivity contribution in [1.82, 2.24) is 14.6 Å². The van der Waals surface area contributed by atoms with Crippen molar-refractivity contribution in [3.63, 3.8) is 0 Å². The zero-order valence-electron chi connectivity index (χ0n) is 9.99. The lowest BCUT2D eigenvalue weighted by Gasteiger charge is -2.33. The molecule has 0 amide bonds. The maximum Gasteiger partial charge on any atom is 0.130 e. The Labute approximate surface area is 110 Å². The Morgan fingerprint density at radius 1 is 1.22 bits per heavy atom. The Kier molecular flexibility index (Phi) is 3.36. The van der Waals surface area contributed by atoms with Gasteiger partial charge in [0, 0.05) is 48.7 Å². The van der Waals surface area contributed by atoms with Gasteiger partial charge in [-0.2, -0.15) is 0 Å². The van der Waals surface area contributed by atoms with Crippen molar-refractivity contribution in [2.45, 2.75) is 18.9 Å². The molecule has 5 nitrogen and oxygen atoms in total. The van der Waals surface area contributed by atoms with Crippen LogP contribution in [0.3, 0.4) is 0 Å². The first kappa shape index (κ1) is 11.4. The van der Waals surface area contributed by atoms with Crippen LogP contribution >= 0.6 is 11.5 Å². The monoisotopic (exact) mass is 261 g/mol. The Morgan fingerprint density at radius 2 is 2.00 bits per heavy atom. The van der Waals surface area contributed by atoms with Crippen molar-refractivity contribution in [3.05, 3.63) is 30.7 Å². The molecule has 3 rings (SSSR count). The third kappa shape index (κ3) is 2.59. The van der Waals surface area contributed by atoms with E-state index >= 15 is 0 Å². The Morgan fingerprint density at radius 3 is 2.67 bits per heavy atom. The van der Waals surface area contributed by atoms with Crippen molar-refractivity contribution in [2.24, 2.45) is 0 Å². The standard InChI is InChI=1S/C12H15N5S/c1-5-13-6-2-11(1)17-7-3-10(4-8-17)15-12-9-14-16-18-12/h1-2,5-6,9-10,15H,3-4,7-8H2. The van der Waals surface area contributed by atoms with E-state index < -0.39 is 0 Å². The van der Waals surface area contributed by atoms with Crippen LogP contribution in [0.1, 0.15) is 12.8 Å². The summed E-state index contributed by atoms with van der Waals surface area (Å²) in [6, 6.07) is 4.67. The van der Waals surface area contributed by atoms with Crippen LogP contribution in [0.5, 0.6) is 0 Å². The van der Waals surface area contributed by atoms with Crippen molar-refractivity contribution in [2.75, 3.05) is 23.3 Å². The minimum atomic E-state index is 0.533. The van der Waals surface area contributed by atoms with Crippen molar-refractivity contribution < 1.29 is 0 Å². The maximum atomic E-state index is 4.05. The molecule has 0 aromatic carbocycles. The Balaban J connectivity index is 1.55. The molecule has 0 unspecified atom stereocenters. The summed E-state index contributed by atoms with van der Waals surface area (Å²) in [7, 11) is 0. The van der Waals surface area contributed by atoms with E-state index in [0.717, 1.165) is 30.9 Å². The molecule has 0 atom stereocenters. The van der Waals surface area contributed by atoms with Gasteiger partial charge in [-0.1, -0.05) is 4.49 Å². The van der Waals surface area contributed by atoms with Crippen LogP contribution in [0.15, 0.2) is 30.7 Å². The number of piperidine rings is 1. The minimum Gasteiger partial charge on any atom is -0.371 e. The molecule has 2 aromatic heterocycles. The lowest BCUT2D eigenvalue weighted by atomic mass is 10.0. The zero-order valence-corrected chi connectivity index (χ0v) is 10.8. The second-order valence-electron chi connectivity index (χ2n) is 4.39. The number of rotatable bonds is 3. The predicted octanol–water partition coefficient (Wildman–Crippen LogP) is 2.01. The van der Waals surface area contributed by atoms with Gasteiger partial charge in [0.15, 0.2) is 0 Å². The molecule has 94 valence electrons. The number of nitrogens with zero attached hydrogens (tertiary/aromatic N) is 4. The van der Waals surface area contributed by atoms with Crippen LogP contribution < -0.4 is 10.2 Å². The fraction of sp³-hybridized carbons (Fsp3) is 0.417. The third-order valence-corrected chi connectivity index (χ3v) is 3.83. The van der Waals surface area contributed by atoms with Gasteiger partial charge in [-0.15, -0.1) is 5.10 Å².